The molecule has 12 heteroatoms. The second-order valence-corrected chi connectivity index (χ2v) is 25.1. The third-order valence-corrected chi connectivity index (χ3v) is 24.0. The van der Waals surface area contributed by atoms with Gasteiger partial charge < -0.3 is 0 Å². The number of carbonyl (C=O) groups is 4. The molecule has 0 saturated carbocycles. The summed E-state index contributed by atoms with van der Waals surface area (Å²) in [6, 6.07) is 3.96. The number of methoxy groups -OCH3 is 2. The topological polar surface area (TPSA) is 133 Å². The molecule has 1 fully saturated rings. The van der Waals surface area contributed by atoms with Gasteiger partial charge in [-0.1, -0.05) is 0 Å². The molecule has 1 aromatic carbocycles. The van der Waals surface area contributed by atoms with Crippen molar-refractivity contribution in [3.8, 4) is 11.5 Å². The molecule has 1 aromatic rings. The number of unbranched alkanes of at least 4 members (excludes halogenated alkanes) is 3. The van der Waals surface area contributed by atoms with E-state index in [0.717, 1.165) is 44.3 Å². The van der Waals surface area contributed by atoms with Gasteiger partial charge in [-0.25, -0.2) is 0 Å². The zero-order valence-electron chi connectivity index (χ0n) is 29.1. The number of benzene rings is 1. The summed E-state index contributed by atoms with van der Waals surface area (Å²) >= 11 is -3.07. The first-order valence-corrected chi connectivity index (χ1v) is 23.9. The van der Waals surface area contributed by atoms with Crippen molar-refractivity contribution < 1.29 is 52.3 Å². The van der Waals surface area contributed by atoms with Crippen LogP contribution in [0.1, 0.15) is 98.7 Å². The number of ether oxygens (including phenoxy) is 7. The molecule has 0 radical (unpaired) electrons. The van der Waals surface area contributed by atoms with Crippen molar-refractivity contribution in [2.75, 3.05) is 20.8 Å². The van der Waals surface area contributed by atoms with Crippen molar-refractivity contribution in [3.05, 3.63) is 17.7 Å². The van der Waals surface area contributed by atoms with Crippen LogP contribution in [0.5, 0.6) is 11.5 Å². The Hall–Kier alpha value is -2.54. The summed E-state index contributed by atoms with van der Waals surface area (Å²) < 4.78 is 45.7. The van der Waals surface area contributed by atoms with Crippen LogP contribution in [0.3, 0.4) is 0 Å². The molecule has 0 bridgehead atoms. The molecule has 11 nitrogen and oxygen atoms in total. The van der Waals surface area contributed by atoms with E-state index in [0.29, 0.717) is 11.3 Å². The zero-order chi connectivity index (χ0) is 34.4. The Labute approximate surface area is 278 Å². The predicted octanol–water partition coefficient (Wildman–Crippen LogP) is 5.56. The van der Waals surface area contributed by atoms with Crippen LogP contribution in [0.2, 0.25) is 13.3 Å². The molecular formula is C34H54O11Sn. The molecule has 5 atom stereocenters. The zero-order valence-corrected chi connectivity index (χ0v) is 32.0. The maximum atomic E-state index is 12.5. The van der Waals surface area contributed by atoms with Crippen LogP contribution >= 0.6 is 0 Å². The van der Waals surface area contributed by atoms with Crippen molar-refractivity contribution in [2.45, 2.75) is 131 Å². The SMILES string of the molecule is CCC[CH2][Sn]([CH2]CCC)([CH2]CCC)[c]1cc(OC)c([C@@H]2O[C@H](COC(C)=O)[C@H](OC(C)=O)[C@H](OC(C)=O)[C@H]2OC(C)=O)cc1OC. The van der Waals surface area contributed by atoms with E-state index >= 15 is 0 Å². The van der Waals surface area contributed by atoms with Crippen LogP contribution in [0, 0.1) is 0 Å². The first-order valence-electron chi connectivity index (χ1n) is 16.4. The van der Waals surface area contributed by atoms with Crippen LogP contribution in [0.15, 0.2) is 12.1 Å². The number of carbonyl (C=O) groups excluding carboxylic acids is 4. The second-order valence-electron chi connectivity index (χ2n) is 12.0. The fraction of sp³-hybridized carbons (Fsp3) is 0.706. The van der Waals surface area contributed by atoms with Gasteiger partial charge in [0, 0.05) is 0 Å². The average molecular weight is 758 g/mol. The van der Waals surface area contributed by atoms with Crippen LogP contribution in [0.25, 0.3) is 0 Å². The van der Waals surface area contributed by atoms with Gasteiger partial charge in [0.2, 0.25) is 0 Å². The molecular weight excluding hydrogens is 703 g/mol. The standard InChI is InChI=1S/C22H27O11.3C4H9.Sn/c1-11(23)29-10-18-20(30-12(2)24)22(32-14(4)26)21(31-13(3)25)19(33-18)16-9-15(27-5)7-8-17(16)28-6;3*1-3-4-2;/h8-9,18-22H,10H2,1-6H3;3*1,3-4H2,2H3;/t18-,19+,20+,21+,22+;;;;/m1..../s1. The molecule has 0 aromatic heterocycles. The van der Waals surface area contributed by atoms with E-state index in [2.05, 4.69) is 26.8 Å². The van der Waals surface area contributed by atoms with E-state index in [-0.39, 0.29) is 6.61 Å². The van der Waals surface area contributed by atoms with Gasteiger partial charge in [0.05, 0.1) is 0 Å². The van der Waals surface area contributed by atoms with E-state index in [4.69, 9.17) is 33.2 Å². The Kier molecular flexibility index (Phi) is 16.6. The van der Waals surface area contributed by atoms with Gasteiger partial charge in [0.25, 0.3) is 0 Å². The predicted molar refractivity (Wildman–Crippen MR) is 175 cm³/mol. The third-order valence-electron chi connectivity index (χ3n) is 8.45. The molecule has 1 aliphatic heterocycles. The van der Waals surface area contributed by atoms with Crippen LogP contribution in [-0.4, -0.2) is 87.5 Å². The first-order chi connectivity index (χ1) is 21.9. The summed E-state index contributed by atoms with van der Waals surface area (Å²) in [5.74, 6) is -1.37. The van der Waals surface area contributed by atoms with Gasteiger partial charge in [-0.05, 0) is 0 Å². The Morgan fingerprint density at radius 3 is 1.59 bits per heavy atom. The molecule has 0 aliphatic carbocycles. The second kappa shape index (κ2) is 19.3. The summed E-state index contributed by atoms with van der Waals surface area (Å²) in [7, 11) is 3.22. The number of hydrogen-bond acceptors (Lipinski definition) is 11. The van der Waals surface area contributed by atoms with E-state index in [1.165, 1.54) is 44.6 Å². The van der Waals surface area contributed by atoms with Crippen LogP contribution < -0.4 is 13.1 Å². The van der Waals surface area contributed by atoms with Gasteiger partial charge in [-0.15, -0.1) is 0 Å². The fourth-order valence-electron chi connectivity index (χ4n) is 6.36. The molecule has 260 valence electrons. The molecule has 0 N–H and O–H groups in total. The Balaban J connectivity index is 2.86. The van der Waals surface area contributed by atoms with Crippen molar-refractivity contribution >= 4 is 45.8 Å². The van der Waals surface area contributed by atoms with Crippen molar-refractivity contribution in [3.63, 3.8) is 0 Å². The van der Waals surface area contributed by atoms with Gasteiger partial charge in [-0.3, -0.25) is 0 Å². The van der Waals surface area contributed by atoms with Crippen LogP contribution in [-0.2, 0) is 42.9 Å². The summed E-state index contributed by atoms with van der Waals surface area (Å²) in [4.78, 5) is 48.8. The Morgan fingerprint density at radius 1 is 0.674 bits per heavy atom. The molecule has 0 amide bonds. The third kappa shape index (κ3) is 10.7. The maximum absolute atomic E-state index is 12.5. The monoisotopic (exact) mass is 758 g/mol. The number of rotatable bonds is 18. The van der Waals surface area contributed by atoms with E-state index < -0.39 is 72.8 Å². The molecule has 2 rings (SSSR count). The summed E-state index contributed by atoms with van der Waals surface area (Å²) in [5.41, 5.74) is 0.502. The molecule has 0 spiro atoms. The van der Waals surface area contributed by atoms with E-state index in [1.807, 2.05) is 6.07 Å². The van der Waals surface area contributed by atoms with E-state index in [9.17, 15) is 19.2 Å². The van der Waals surface area contributed by atoms with Gasteiger partial charge >= 0.3 is 279 Å². The summed E-state index contributed by atoms with van der Waals surface area (Å²) in [6.07, 6.45) is 0.885. The van der Waals surface area contributed by atoms with Gasteiger partial charge in [0.15, 0.2) is 0 Å². The Bertz CT molecular complexity index is 1150. The van der Waals surface area contributed by atoms with Crippen molar-refractivity contribution in [1.82, 2.24) is 0 Å². The van der Waals surface area contributed by atoms with Crippen molar-refractivity contribution in [2.24, 2.45) is 0 Å². The molecule has 1 saturated heterocycles. The molecule has 46 heavy (non-hydrogen) atoms. The summed E-state index contributed by atoms with van der Waals surface area (Å²) in [6.45, 7) is 11.2. The first kappa shape index (κ1) is 39.6. The van der Waals surface area contributed by atoms with Crippen LogP contribution in [0.4, 0.5) is 0 Å². The molecule has 1 heterocycles. The average Bonchev–Trinajstić information content (AvgIpc) is 3.00. The minimum absolute atomic E-state index is 0.309. The molecule has 1 aliphatic rings. The molecule has 0 unspecified atom stereocenters. The number of esters is 4. The fourth-order valence-corrected chi connectivity index (χ4v) is 22.9. The van der Waals surface area contributed by atoms with Crippen molar-refractivity contribution in [1.29, 1.82) is 0 Å². The minimum atomic E-state index is -3.07. The van der Waals surface area contributed by atoms with Gasteiger partial charge in [-0.2, -0.15) is 0 Å². The normalized spacial score (nSPS) is 21.2. The van der Waals surface area contributed by atoms with E-state index in [1.54, 1.807) is 14.2 Å². The summed E-state index contributed by atoms with van der Waals surface area (Å²) in [5, 5.41) is 0. The number of hydrogen-bond donors (Lipinski definition) is 0. The quantitative estimate of drug-likeness (QED) is 0.106. The van der Waals surface area contributed by atoms with Gasteiger partial charge in [0.1, 0.15) is 0 Å². The Morgan fingerprint density at radius 2 is 1.15 bits per heavy atom.